The van der Waals surface area contributed by atoms with Gasteiger partial charge in [-0.3, -0.25) is 4.79 Å². The lowest BCUT2D eigenvalue weighted by Gasteiger charge is -2.12. The van der Waals surface area contributed by atoms with Crippen molar-refractivity contribution in [1.82, 2.24) is 15.3 Å². The van der Waals surface area contributed by atoms with Crippen molar-refractivity contribution in [3.63, 3.8) is 0 Å². The predicted octanol–water partition coefficient (Wildman–Crippen LogP) is 0.965. The number of carbonyl (C=O) groups is 1. The lowest BCUT2D eigenvalue weighted by atomic mass is 10.2. The van der Waals surface area contributed by atoms with Gasteiger partial charge in [0.25, 0.3) is 0 Å². The van der Waals surface area contributed by atoms with Crippen LogP contribution in [0.3, 0.4) is 0 Å². The molecule has 0 fully saturated rings. The number of hydrazine groups is 1. The molecule has 0 bridgehead atoms. The molecule has 1 aromatic rings. The number of halogens is 3. The third kappa shape index (κ3) is 5.81. The Hall–Kier alpha value is -2.10. The molecule has 118 valence electrons. The van der Waals surface area contributed by atoms with Gasteiger partial charge in [-0.05, 0) is 5.92 Å². The molecule has 0 aliphatic rings. The van der Waals surface area contributed by atoms with Crippen molar-refractivity contribution >= 4 is 17.5 Å². The molecule has 0 saturated carbocycles. The molecule has 21 heavy (non-hydrogen) atoms. The van der Waals surface area contributed by atoms with E-state index >= 15 is 0 Å². The highest BCUT2D eigenvalue weighted by Gasteiger charge is 2.35. The van der Waals surface area contributed by atoms with E-state index in [1.165, 1.54) is 6.07 Å². The molecule has 0 aliphatic carbocycles. The van der Waals surface area contributed by atoms with Crippen LogP contribution in [0.4, 0.5) is 24.8 Å². The Morgan fingerprint density at radius 2 is 1.95 bits per heavy atom. The van der Waals surface area contributed by atoms with E-state index in [2.05, 4.69) is 20.6 Å². The number of carbonyl (C=O) groups excluding carboxylic acids is 1. The Morgan fingerprint density at radius 1 is 1.33 bits per heavy atom. The second-order valence-electron chi connectivity index (χ2n) is 4.66. The monoisotopic (exact) mass is 306 g/mol. The van der Waals surface area contributed by atoms with Gasteiger partial charge in [-0.25, -0.2) is 15.8 Å². The minimum Gasteiger partial charge on any atom is -0.361 e. The molecule has 0 atom stereocenters. The van der Waals surface area contributed by atoms with Crippen molar-refractivity contribution in [2.45, 2.75) is 20.0 Å². The van der Waals surface area contributed by atoms with E-state index in [1.54, 1.807) is 0 Å². The van der Waals surface area contributed by atoms with E-state index < -0.39 is 12.0 Å². The van der Waals surface area contributed by atoms with Gasteiger partial charge < -0.3 is 16.1 Å². The van der Waals surface area contributed by atoms with Gasteiger partial charge in [-0.1, -0.05) is 13.8 Å². The number of hydrogen-bond donors (Lipinski definition) is 4. The molecule has 1 amide bonds. The number of alkyl halides is 3. The van der Waals surface area contributed by atoms with Crippen molar-refractivity contribution in [3.8, 4) is 0 Å². The zero-order chi connectivity index (χ0) is 16.0. The number of hydrogen-bond acceptors (Lipinski definition) is 6. The maximum absolute atomic E-state index is 12.6. The van der Waals surface area contributed by atoms with Gasteiger partial charge in [0, 0.05) is 12.6 Å². The van der Waals surface area contributed by atoms with Crippen LogP contribution < -0.4 is 21.9 Å². The molecule has 5 N–H and O–H groups in total. The summed E-state index contributed by atoms with van der Waals surface area (Å²) < 4.78 is 37.8. The molecule has 0 saturated heterocycles. The lowest BCUT2D eigenvalue weighted by molar-refractivity contribution is -0.144. The Kier molecular flexibility index (Phi) is 5.70. The van der Waals surface area contributed by atoms with Gasteiger partial charge in [0.05, 0.1) is 6.54 Å². The number of aromatic nitrogens is 2. The summed E-state index contributed by atoms with van der Waals surface area (Å²) in [4.78, 5) is 18.0. The Bertz CT molecular complexity index is 491. The first kappa shape index (κ1) is 17.0. The summed E-state index contributed by atoms with van der Waals surface area (Å²) in [5.74, 6) is 3.28. The van der Waals surface area contributed by atoms with Gasteiger partial charge in [-0.15, -0.1) is 0 Å². The number of anilines is 2. The highest BCUT2D eigenvalue weighted by atomic mass is 19.4. The number of amides is 1. The van der Waals surface area contributed by atoms with Crippen molar-refractivity contribution < 1.29 is 18.0 Å². The van der Waals surface area contributed by atoms with Crippen LogP contribution in [0.15, 0.2) is 6.07 Å². The molecule has 7 nitrogen and oxygen atoms in total. The van der Waals surface area contributed by atoms with Crippen LogP contribution in [0.25, 0.3) is 0 Å². The summed E-state index contributed by atoms with van der Waals surface area (Å²) in [7, 11) is 0. The van der Waals surface area contributed by atoms with Gasteiger partial charge in [-0.2, -0.15) is 13.2 Å². The van der Waals surface area contributed by atoms with E-state index in [0.717, 1.165) is 0 Å². The van der Waals surface area contributed by atoms with E-state index in [-0.39, 0.29) is 30.0 Å². The summed E-state index contributed by atoms with van der Waals surface area (Å²) in [6.07, 6.45) is -4.71. The zero-order valence-electron chi connectivity index (χ0n) is 11.6. The largest absolute Gasteiger partial charge is 0.451 e. The quantitative estimate of drug-likeness (QED) is 0.461. The molecule has 1 rings (SSSR count). The maximum Gasteiger partial charge on any atom is 0.451 e. The first-order valence-electron chi connectivity index (χ1n) is 6.16. The molecule has 10 heteroatoms. The Morgan fingerprint density at radius 3 is 2.48 bits per heavy atom. The molecule has 0 aliphatic heterocycles. The summed E-state index contributed by atoms with van der Waals surface area (Å²) in [5.41, 5.74) is 2.02. The first-order valence-corrected chi connectivity index (χ1v) is 6.16. The van der Waals surface area contributed by atoms with E-state index in [9.17, 15) is 18.0 Å². The van der Waals surface area contributed by atoms with Crippen LogP contribution in [0.1, 0.15) is 19.7 Å². The van der Waals surface area contributed by atoms with Crippen LogP contribution in [0.5, 0.6) is 0 Å². The van der Waals surface area contributed by atoms with E-state index in [0.29, 0.717) is 6.54 Å². The van der Waals surface area contributed by atoms with Crippen LogP contribution in [-0.2, 0) is 11.0 Å². The van der Waals surface area contributed by atoms with Gasteiger partial charge in [0.15, 0.2) is 0 Å². The number of rotatable bonds is 6. The zero-order valence-corrected chi connectivity index (χ0v) is 11.6. The average Bonchev–Trinajstić information content (AvgIpc) is 2.41. The molecule has 0 unspecified atom stereocenters. The standard InChI is InChI=1S/C11H17F3N6O/c1-6(2)4-17-9(21)5-16-7-3-8(20-15)19-10(18-7)11(12,13)14/h3,6H,4-5,15H2,1-2H3,(H,17,21)(H2,16,18,19,20). The van der Waals surface area contributed by atoms with Crippen molar-refractivity contribution in [2.75, 3.05) is 23.8 Å². The minimum absolute atomic E-state index is 0.148. The smallest absolute Gasteiger partial charge is 0.361 e. The van der Waals surface area contributed by atoms with Gasteiger partial charge in [0.1, 0.15) is 11.6 Å². The summed E-state index contributed by atoms with van der Waals surface area (Å²) in [6, 6.07) is 1.17. The van der Waals surface area contributed by atoms with Crippen molar-refractivity contribution in [1.29, 1.82) is 0 Å². The summed E-state index contributed by atoms with van der Waals surface area (Å²) in [6.45, 7) is 4.12. The first-order chi connectivity index (χ1) is 9.72. The molecule has 0 aromatic carbocycles. The number of nitrogens with zero attached hydrogens (tertiary/aromatic N) is 2. The SMILES string of the molecule is CC(C)CNC(=O)CNc1cc(NN)nc(C(F)(F)F)n1. The second kappa shape index (κ2) is 7.07. The van der Waals surface area contributed by atoms with Crippen LogP contribution >= 0.6 is 0 Å². The topological polar surface area (TPSA) is 105 Å². The lowest BCUT2D eigenvalue weighted by Crippen LogP contribution is -2.32. The van der Waals surface area contributed by atoms with Gasteiger partial charge in [0.2, 0.25) is 11.7 Å². The van der Waals surface area contributed by atoms with E-state index in [4.69, 9.17) is 5.84 Å². The summed E-state index contributed by atoms with van der Waals surface area (Å²) >= 11 is 0. The fourth-order valence-electron chi connectivity index (χ4n) is 1.29. The Balaban J connectivity index is 2.72. The number of nitrogen functional groups attached to an aromatic ring is 1. The predicted molar refractivity (Wildman–Crippen MR) is 71.2 cm³/mol. The number of nitrogens with two attached hydrogens (primary N) is 1. The fourth-order valence-corrected chi connectivity index (χ4v) is 1.29. The van der Waals surface area contributed by atoms with Crippen LogP contribution in [-0.4, -0.2) is 29.0 Å². The normalized spacial score (nSPS) is 11.4. The van der Waals surface area contributed by atoms with Crippen LogP contribution in [0, 0.1) is 5.92 Å². The van der Waals surface area contributed by atoms with E-state index in [1.807, 2.05) is 19.3 Å². The molecule has 1 aromatic heterocycles. The highest BCUT2D eigenvalue weighted by molar-refractivity contribution is 5.80. The molecule has 0 radical (unpaired) electrons. The van der Waals surface area contributed by atoms with Crippen LogP contribution in [0.2, 0.25) is 0 Å². The number of nitrogens with one attached hydrogen (secondary N) is 3. The van der Waals surface area contributed by atoms with Crippen molar-refractivity contribution in [2.24, 2.45) is 11.8 Å². The summed E-state index contributed by atoms with van der Waals surface area (Å²) in [5, 5.41) is 5.12. The molecular formula is C11H17F3N6O. The highest BCUT2D eigenvalue weighted by Crippen LogP contribution is 2.28. The third-order valence-electron chi connectivity index (χ3n) is 2.27. The third-order valence-corrected chi connectivity index (χ3v) is 2.27. The second-order valence-corrected chi connectivity index (χ2v) is 4.66. The minimum atomic E-state index is -4.71. The molecular weight excluding hydrogens is 289 g/mol. The Labute approximate surface area is 119 Å². The van der Waals surface area contributed by atoms with Crippen molar-refractivity contribution in [3.05, 3.63) is 11.9 Å². The average molecular weight is 306 g/mol. The fraction of sp³-hybridized carbons (Fsp3) is 0.545. The van der Waals surface area contributed by atoms with Gasteiger partial charge >= 0.3 is 6.18 Å². The molecule has 0 spiro atoms. The maximum atomic E-state index is 12.6. The molecule has 1 heterocycles.